The van der Waals surface area contributed by atoms with Crippen molar-refractivity contribution in [3.05, 3.63) is 0 Å². The van der Waals surface area contributed by atoms with Crippen LogP contribution < -0.4 is 5.73 Å². The quantitative estimate of drug-likeness (QED) is 0.732. The molecule has 1 atom stereocenters. The molecule has 3 heteroatoms. The molecule has 0 aromatic carbocycles. The van der Waals surface area contributed by atoms with E-state index in [-0.39, 0.29) is 11.8 Å². The van der Waals surface area contributed by atoms with E-state index in [1.807, 2.05) is 11.9 Å². The Labute approximate surface area is 94.0 Å². The highest BCUT2D eigenvalue weighted by Gasteiger charge is 2.21. The molecule has 0 heterocycles. The van der Waals surface area contributed by atoms with Gasteiger partial charge in [0.2, 0.25) is 5.91 Å². The molecule has 0 rings (SSSR count). The van der Waals surface area contributed by atoms with Gasteiger partial charge < -0.3 is 10.6 Å². The van der Waals surface area contributed by atoms with Crippen molar-refractivity contribution >= 4 is 5.91 Å². The van der Waals surface area contributed by atoms with Crippen molar-refractivity contribution in [1.82, 2.24) is 4.90 Å². The van der Waals surface area contributed by atoms with Crippen LogP contribution in [0.2, 0.25) is 0 Å². The molecule has 1 amide bonds. The SMILES string of the molecule is CC(C)CC(CN)C(=O)N(C)CC(C)C. The average molecular weight is 214 g/mol. The largest absolute Gasteiger partial charge is 0.345 e. The van der Waals surface area contributed by atoms with Gasteiger partial charge in [-0.05, 0) is 18.3 Å². The highest BCUT2D eigenvalue weighted by atomic mass is 16.2. The minimum atomic E-state index is -0.00579. The van der Waals surface area contributed by atoms with E-state index in [2.05, 4.69) is 27.7 Å². The maximum Gasteiger partial charge on any atom is 0.226 e. The van der Waals surface area contributed by atoms with Crippen LogP contribution in [0.3, 0.4) is 0 Å². The fourth-order valence-electron chi connectivity index (χ4n) is 1.82. The zero-order valence-corrected chi connectivity index (χ0v) is 10.8. The van der Waals surface area contributed by atoms with Crippen molar-refractivity contribution in [2.75, 3.05) is 20.1 Å². The molecule has 0 aliphatic carbocycles. The van der Waals surface area contributed by atoms with E-state index in [0.717, 1.165) is 13.0 Å². The second-order valence-electron chi connectivity index (χ2n) is 5.17. The fraction of sp³-hybridized carbons (Fsp3) is 0.917. The molecular weight excluding hydrogens is 188 g/mol. The summed E-state index contributed by atoms with van der Waals surface area (Å²) < 4.78 is 0. The van der Waals surface area contributed by atoms with E-state index >= 15 is 0 Å². The highest BCUT2D eigenvalue weighted by Crippen LogP contribution is 2.13. The van der Waals surface area contributed by atoms with Gasteiger partial charge in [0.1, 0.15) is 0 Å². The Balaban J connectivity index is 4.24. The van der Waals surface area contributed by atoms with Gasteiger partial charge in [0.25, 0.3) is 0 Å². The third-order valence-corrected chi connectivity index (χ3v) is 2.40. The van der Waals surface area contributed by atoms with Gasteiger partial charge in [0, 0.05) is 20.1 Å². The molecule has 0 aromatic heterocycles. The third kappa shape index (κ3) is 5.78. The van der Waals surface area contributed by atoms with Gasteiger partial charge in [-0.3, -0.25) is 4.79 Å². The first-order valence-electron chi connectivity index (χ1n) is 5.83. The van der Waals surface area contributed by atoms with Crippen LogP contribution in [0.15, 0.2) is 0 Å². The number of hydrogen-bond donors (Lipinski definition) is 1. The van der Waals surface area contributed by atoms with Crippen LogP contribution in [0.5, 0.6) is 0 Å². The summed E-state index contributed by atoms with van der Waals surface area (Å²) in [7, 11) is 1.87. The van der Waals surface area contributed by atoms with E-state index in [1.54, 1.807) is 0 Å². The van der Waals surface area contributed by atoms with Crippen LogP contribution >= 0.6 is 0 Å². The topological polar surface area (TPSA) is 46.3 Å². The van der Waals surface area contributed by atoms with Crippen molar-refractivity contribution in [1.29, 1.82) is 0 Å². The van der Waals surface area contributed by atoms with Gasteiger partial charge in [0.05, 0.1) is 5.92 Å². The monoisotopic (exact) mass is 214 g/mol. The zero-order chi connectivity index (χ0) is 12.0. The maximum atomic E-state index is 12.0. The summed E-state index contributed by atoms with van der Waals surface area (Å²) >= 11 is 0. The minimum Gasteiger partial charge on any atom is -0.345 e. The van der Waals surface area contributed by atoms with E-state index < -0.39 is 0 Å². The lowest BCUT2D eigenvalue weighted by atomic mass is 9.96. The van der Waals surface area contributed by atoms with E-state index in [9.17, 15) is 4.79 Å². The molecular formula is C12H26N2O. The van der Waals surface area contributed by atoms with Crippen LogP contribution in [0.25, 0.3) is 0 Å². The summed E-state index contributed by atoms with van der Waals surface area (Å²) in [6.07, 6.45) is 0.887. The Morgan fingerprint density at radius 3 is 2.07 bits per heavy atom. The zero-order valence-electron chi connectivity index (χ0n) is 10.8. The molecule has 0 spiro atoms. The Morgan fingerprint density at radius 2 is 1.73 bits per heavy atom. The Bertz CT molecular complexity index is 190. The lowest BCUT2D eigenvalue weighted by Gasteiger charge is -2.25. The molecule has 0 aliphatic heterocycles. The van der Waals surface area contributed by atoms with Crippen LogP contribution in [0, 0.1) is 17.8 Å². The number of carbonyl (C=O) groups is 1. The molecule has 2 N–H and O–H groups in total. The van der Waals surface area contributed by atoms with Crippen molar-refractivity contribution in [3.8, 4) is 0 Å². The number of nitrogens with two attached hydrogens (primary N) is 1. The Hall–Kier alpha value is -0.570. The van der Waals surface area contributed by atoms with Gasteiger partial charge >= 0.3 is 0 Å². The standard InChI is InChI=1S/C12H26N2O/c1-9(2)6-11(7-13)12(15)14(5)8-10(3)4/h9-11H,6-8,13H2,1-5H3. The summed E-state index contributed by atoms with van der Waals surface area (Å²) in [5.74, 6) is 1.22. The smallest absolute Gasteiger partial charge is 0.226 e. The summed E-state index contributed by atoms with van der Waals surface area (Å²) in [4.78, 5) is 13.8. The van der Waals surface area contributed by atoms with Crippen molar-refractivity contribution < 1.29 is 4.79 Å². The van der Waals surface area contributed by atoms with Crippen LogP contribution in [0.1, 0.15) is 34.1 Å². The first kappa shape index (κ1) is 14.4. The summed E-state index contributed by atoms with van der Waals surface area (Å²) in [6.45, 7) is 9.75. The molecule has 0 aliphatic rings. The van der Waals surface area contributed by atoms with Gasteiger partial charge in [-0.15, -0.1) is 0 Å². The molecule has 15 heavy (non-hydrogen) atoms. The number of nitrogens with zero attached hydrogens (tertiary/aromatic N) is 1. The van der Waals surface area contributed by atoms with Gasteiger partial charge in [0.15, 0.2) is 0 Å². The molecule has 0 radical (unpaired) electrons. The molecule has 0 bridgehead atoms. The first-order chi connectivity index (χ1) is 6.88. The average Bonchev–Trinajstić information content (AvgIpc) is 2.11. The van der Waals surface area contributed by atoms with Crippen molar-refractivity contribution in [2.24, 2.45) is 23.5 Å². The van der Waals surface area contributed by atoms with Crippen molar-refractivity contribution in [3.63, 3.8) is 0 Å². The molecule has 3 nitrogen and oxygen atoms in total. The van der Waals surface area contributed by atoms with E-state index in [1.165, 1.54) is 0 Å². The number of amides is 1. The van der Waals surface area contributed by atoms with Crippen LogP contribution in [-0.4, -0.2) is 30.9 Å². The molecule has 0 aromatic rings. The predicted molar refractivity (Wildman–Crippen MR) is 64.5 cm³/mol. The number of hydrogen-bond acceptors (Lipinski definition) is 2. The lowest BCUT2D eigenvalue weighted by molar-refractivity contribution is -0.134. The van der Waals surface area contributed by atoms with Gasteiger partial charge in [-0.2, -0.15) is 0 Å². The lowest BCUT2D eigenvalue weighted by Crippen LogP contribution is -2.39. The second kappa shape index (κ2) is 6.83. The van der Waals surface area contributed by atoms with Gasteiger partial charge in [-0.25, -0.2) is 0 Å². The summed E-state index contributed by atoms with van der Waals surface area (Å²) in [6, 6.07) is 0. The molecule has 90 valence electrons. The molecule has 0 fully saturated rings. The molecule has 0 saturated heterocycles. The molecule has 0 saturated carbocycles. The first-order valence-corrected chi connectivity index (χ1v) is 5.83. The predicted octanol–water partition coefficient (Wildman–Crippen LogP) is 1.72. The van der Waals surface area contributed by atoms with Crippen LogP contribution in [0.4, 0.5) is 0 Å². The summed E-state index contributed by atoms with van der Waals surface area (Å²) in [5, 5.41) is 0. The Kier molecular flexibility index (Phi) is 6.57. The molecule has 1 unspecified atom stereocenters. The van der Waals surface area contributed by atoms with E-state index in [4.69, 9.17) is 5.73 Å². The number of carbonyl (C=O) groups excluding carboxylic acids is 1. The normalized spacial score (nSPS) is 13.3. The second-order valence-corrected chi connectivity index (χ2v) is 5.17. The maximum absolute atomic E-state index is 12.0. The number of rotatable bonds is 6. The Morgan fingerprint density at radius 1 is 1.20 bits per heavy atom. The van der Waals surface area contributed by atoms with Crippen LogP contribution in [-0.2, 0) is 4.79 Å². The third-order valence-electron chi connectivity index (χ3n) is 2.40. The van der Waals surface area contributed by atoms with Crippen molar-refractivity contribution in [2.45, 2.75) is 34.1 Å². The fourth-order valence-corrected chi connectivity index (χ4v) is 1.82. The summed E-state index contributed by atoms with van der Waals surface area (Å²) in [5.41, 5.74) is 5.64. The highest BCUT2D eigenvalue weighted by molar-refractivity contribution is 5.78. The minimum absolute atomic E-state index is 0.00579. The van der Waals surface area contributed by atoms with Gasteiger partial charge in [-0.1, -0.05) is 27.7 Å². The van der Waals surface area contributed by atoms with E-state index in [0.29, 0.717) is 18.4 Å².